The highest BCUT2D eigenvalue weighted by Crippen LogP contribution is 2.06. The smallest absolute Gasteiger partial charge is 0.261 e. The first kappa shape index (κ1) is 13.4. The maximum atomic E-state index is 12.1. The molecule has 0 aliphatic rings. The molecule has 0 aliphatic heterocycles. The fraction of sp³-hybridized carbons (Fsp3) is 0.500. The summed E-state index contributed by atoms with van der Waals surface area (Å²) in [6.07, 6.45) is 0.762. The van der Waals surface area contributed by atoms with Crippen LogP contribution in [0, 0.1) is 19.3 Å². The van der Waals surface area contributed by atoms with Crippen LogP contribution in [0.4, 0.5) is 0 Å². The maximum absolute atomic E-state index is 12.1. The molecule has 0 unspecified atom stereocenters. The van der Waals surface area contributed by atoms with Gasteiger partial charge in [0.15, 0.2) is 0 Å². The zero-order valence-electron chi connectivity index (χ0n) is 10.5. The second kappa shape index (κ2) is 5.63. The summed E-state index contributed by atoms with van der Waals surface area (Å²) in [4.78, 5) is 12.1. The Bertz CT molecular complexity index is 477. The molecule has 94 valence electrons. The van der Waals surface area contributed by atoms with Crippen LogP contribution < -0.4 is 11.3 Å². The number of methoxy groups -OCH3 is 1. The molecule has 0 fully saturated rings. The number of nitrogens with zero attached hydrogens (tertiary/aromatic N) is 1. The van der Waals surface area contributed by atoms with Gasteiger partial charge in [-0.1, -0.05) is 0 Å². The minimum absolute atomic E-state index is 0.173. The Kier molecular flexibility index (Phi) is 4.45. The summed E-state index contributed by atoms with van der Waals surface area (Å²) < 4.78 is 6.60. The van der Waals surface area contributed by atoms with Gasteiger partial charge in [-0.2, -0.15) is 0 Å². The standard InChI is InChI=1S/C12H19N3O2/c1-8-7-9(2)15(5-4-6-17-3)12(16)10(8)11(13)14/h7H,4-6H2,1-3H3,(H3,13,14). The van der Waals surface area contributed by atoms with E-state index < -0.39 is 0 Å². The second-order valence-electron chi connectivity index (χ2n) is 4.06. The number of amidine groups is 1. The quantitative estimate of drug-likeness (QED) is 0.451. The number of hydrogen-bond donors (Lipinski definition) is 2. The van der Waals surface area contributed by atoms with Crippen LogP contribution in [-0.4, -0.2) is 24.1 Å². The highest BCUT2D eigenvalue weighted by molar-refractivity contribution is 5.95. The molecule has 17 heavy (non-hydrogen) atoms. The van der Waals surface area contributed by atoms with Crippen LogP contribution in [0.1, 0.15) is 23.2 Å². The number of rotatable bonds is 5. The van der Waals surface area contributed by atoms with Gasteiger partial charge in [0.1, 0.15) is 5.84 Å². The number of nitrogens with two attached hydrogens (primary N) is 1. The van der Waals surface area contributed by atoms with E-state index in [1.54, 1.807) is 18.6 Å². The van der Waals surface area contributed by atoms with Gasteiger partial charge in [-0.3, -0.25) is 10.2 Å². The number of ether oxygens (including phenoxy) is 1. The van der Waals surface area contributed by atoms with Crippen molar-refractivity contribution in [3.8, 4) is 0 Å². The SMILES string of the molecule is COCCCn1c(C)cc(C)c(C(=N)N)c1=O. The third-order valence-corrected chi connectivity index (χ3v) is 2.70. The summed E-state index contributed by atoms with van der Waals surface area (Å²) in [5.41, 5.74) is 7.18. The molecule has 0 amide bonds. The molecule has 0 radical (unpaired) electrons. The van der Waals surface area contributed by atoms with Gasteiger partial charge in [0, 0.05) is 26.0 Å². The summed E-state index contributed by atoms with van der Waals surface area (Å²) in [5.74, 6) is -0.173. The van der Waals surface area contributed by atoms with E-state index >= 15 is 0 Å². The number of pyridine rings is 1. The van der Waals surface area contributed by atoms with Gasteiger partial charge < -0.3 is 15.0 Å². The minimum atomic E-state index is -0.189. The number of hydrogen-bond acceptors (Lipinski definition) is 3. The lowest BCUT2D eigenvalue weighted by atomic mass is 10.1. The Morgan fingerprint density at radius 3 is 2.71 bits per heavy atom. The van der Waals surface area contributed by atoms with Crippen molar-refractivity contribution >= 4 is 5.84 Å². The van der Waals surface area contributed by atoms with Crippen LogP contribution in [0.15, 0.2) is 10.9 Å². The van der Waals surface area contributed by atoms with Crippen molar-refractivity contribution in [3.63, 3.8) is 0 Å². The summed E-state index contributed by atoms with van der Waals surface area (Å²) in [5, 5.41) is 7.44. The Labute approximate surface area is 101 Å². The van der Waals surface area contributed by atoms with E-state index in [2.05, 4.69) is 0 Å². The lowest BCUT2D eigenvalue weighted by Gasteiger charge is -2.13. The number of nitrogens with one attached hydrogen (secondary N) is 1. The van der Waals surface area contributed by atoms with Crippen LogP contribution in [0.25, 0.3) is 0 Å². The van der Waals surface area contributed by atoms with E-state index in [-0.39, 0.29) is 11.4 Å². The maximum Gasteiger partial charge on any atom is 0.261 e. The summed E-state index contributed by atoms with van der Waals surface area (Å²) in [6, 6.07) is 1.88. The summed E-state index contributed by atoms with van der Waals surface area (Å²) in [6.45, 7) is 4.87. The average molecular weight is 237 g/mol. The van der Waals surface area contributed by atoms with Crippen molar-refractivity contribution in [3.05, 3.63) is 33.2 Å². The van der Waals surface area contributed by atoms with Gasteiger partial charge in [-0.25, -0.2) is 0 Å². The van der Waals surface area contributed by atoms with Gasteiger partial charge in [0.2, 0.25) is 0 Å². The molecule has 0 saturated carbocycles. The Hall–Kier alpha value is -1.62. The molecule has 0 bridgehead atoms. The molecule has 0 saturated heterocycles. The average Bonchev–Trinajstić information content (AvgIpc) is 2.21. The van der Waals surface area contributed by atoms with Crippen molar-refractivity contribution in [1.82, 2.24) is 4.57 Å². The lowest BCUT2D eigenvalue weighted by molar-refractivity contribution is 0.189. The molecule has 0 aromatic carbocycles. The first-order chi connectivity index (χ1) is 7.99. The van der Waals surface area contributed by atoms with E-state index in [0.717, 1.165) is 17.7 Å². The van der Waals surface area contributed by atoms with Gasteiger partial charge in [0.25, 0.3) is 5.56 Å². The number of nitrogen functional groups attached to an aromatic ring is 1. The van der Waals surface area contributed by atoms with Crippen molar-refractivity contribution in [2.24, 2.45) is 5.73 Å². The first-order valence-electron chi connectivity index (χ1n) is 5.53. The van der Waals surface area contributed by atoms with E-state index in [9.17, 15) is 4.79 Å². The highest BCUT2D eigenvalue weighted by Gasteiger charge is 2.12. The van der Waals surface area contributed by atoms with Crippen LogP contribution in [-0.2, 0) is 11.3 Å². The van der Waals surface area contributed by atoms with Crippen molar-refractivity contribution in [2.75, 3.05) is 13.7 Å². The lowest BCUT2D eigenvalue weighted by Crippen LogP contribution is -2.32. The van der Waals surface area contributed by atoms with Crippen molar-refractivity contribution < 1.29 is 4.74 Å². The molecule has 5 nitrogen and oxygen atoms in total. The molecule has 1 rings (SSSR count). The zero-order chi connectivity index (χ0) is 13.0. The molecule has 3 N–H and O–H groups in total. The fourth-order valence-electron chi connectivity index (χ4n) is 1.90. The van der Waals surface area contributed by atoms with E-state index in [4.69, 9.17) is 15.9 Å². The number of aromatic nitrogens is 1. The predicted molar refractivity (Wildman–Crippen MR) is 67.7 cm³/mol. The molecule has 1 aromatic heterocycles. The molecular formula is C12H19N3O2. The molecular weight excluding hydrogens is 218 g/mol. The van der Waals surface area contributed by atoms with Crippen molar-refractivity contribution in [1.29, 1.82) is 5.41 Å². The molecule has 0 spiro atoms. The van der Waals surface area contributed by atoms with Gasteiger partial charge in [-0.15, -0.1) is 0 Å². The Morgan fingerprint density at radius 2 is 2.18 bits per heavy atom. The Morgan fingerprint density at radius 1 is 1.53 bits per heavy atom. The van der Waals surface area contributed by atoms with Crippen LogP contribution in [0.2, 0.25) is 0 Å². The monoisotopic (exact) mass is 237 g/mol. The minimum Gasteiger partial charge on any atom is -0.385 e. The van der Waals surface area contributed by atoms with Gasteiger partial charge in [-0.05, 0) is 31.9 Å². The van der Waals surface area contributed by atoms with Crippen LogP contribution in [0.3, 0.4) is 0 Å². The second-order valence-corrected chi connectivity index (χ2v) is 4.06. The summed E-state index contributed by atoms with van der Waals surface area (Å²) >= 11 is 0. The van der Waals surface area contributed by atoms with E-state index in [1.165, 1.54) is 0 Å². The topological polar surface area (TPSA) is 81.1 Å². The normalized spacial score (nSPS) is 10.5. The van der Waals surface area contributed by atoms with Crippen molar-refractivity contribution in [2.45, 2.75) is 26.8 Å². The van der Waals surface area contributed by atoms with Crippen LogP contribution >= 0.6 is 0 Å². The van der Waals surface area contributed by atoms with Gasteiger partial charge >= 0.3 is 0 Å². The van der Waals surface area contributed by atoms with Gasteiger partial charge in [0.05, 0.1) is 5.56 Å². The molecule has 0 aliphatic carbocycles. The molecule has 5 heteroatoms. The number of aryl methyl sites for hydroxylation is 2. The third kappa shape index (κ3) is 2.94. The first-order valence-corrected chi connectivity index (χ1v) is 5.53. The largest absolute Gasteiger partial charge is 0.385 e. The highest BCUT2D eigenvalue weighted by atomic mass is 16.5. The molecule has 1 aromatic rings. The van der Waals surface area contributed by atoms with E-state index in [1.807, 2.05) is 13.0 Å². The third-order valence-electron chi connectivity index (χ3n) is 2.70. The van der Waals surface area contributed by atoms with Crippen LogP contribution in [0.5, 0.6) is 0 Å². The molecule has 0 atom stereocenters. The predicted octanol–water partition coefficient (Wildman–Crippen LogP) is 0.786. The molecule has 1 heterocycles. The zero-order valence-corrected chi connectivity index (χ0v) is 10.5. The van der Waals surface area contributed by atoms with E-state index in [0.29, 0.717) is 18.7 Å². The fourth-order valence-corrected chi connectivity index (χ4v) is 1.90. The summed E-state index contributed by atoms with van der Waals surface area (Å²) in [7, 11) is 1.63. The Balaban J connectivity index is 3.17.